The molecular formula is C13H14N4O2S. The molecule has 0 saturated carbocycles. The maximum atomic E-state index is 11.4. The summed E-state index contributed by atoms with van der Waals surface area (Å²) in [5, 5.41) is 0. The van der Waals surface area contributed by atoms with Crippen LogP contribution in [0.15, 0.2) is 36.8 Å². The van der Waals surface area contributed by atoms with Crippen LogP contribution in [-0.4, -0.2) is 48.0 Å². The highest BCUT2D eigenvalue weighted by molar-refractivity contribution is 7.91. The fourth-order valence-corrected chi connectivity index (χ4v) is 3.30. The Morgan fingerprint density at radius 3 is 2.40 bits per heavy atom. The van der Waals surface area contributed by atoms with E-state index in [1.54, 1.807) is 18.6 Å². The minimum absolute atomic E-state index is 0.163. The van der Waals surface area contributed by atoms with Gasteiger partial charge in [-0.1, -0.05) is 0 Å². The molecule has 2 aromatic heterocycles. The van der Waals surface area contributed by atoms with Gasteiger partial charge in [-0.25, -0.2) is 18.4 Å². The lowest BCUT2D eigenvalue weighted by molar-refractivity contribution is 0.585. The number of aromatic nitrogens is 3. The van der Waals surface area contributed by atoms with E-state index in [0.29, 0.717) is 19.0 Å². The summed E-state index contributed by atoms with van der Waals surface area (Å²) in [6.45, 7) is 0.893. The quantitative estimate of drug-likeness (QED) is 0.813. The van der Waals surface area contributed by atoms with Crippen molar-refractivity contribution in [2.24, 2.45) is 0 Å². The number of sulfone groups is 1. The molecule has 0 atom stereocenters. The van der Waals surface area contributed by atoms with Gasteiger partial charge in [0.2, 0.25) is 5.95 Å². The van der Waals surface area contributed by atoms with E-state index >= 15 is 0 Å². The van der Waals surface area contributed by atoms with E-state index in [1.165, 1.54) is 0 Å². The number of rotatable bonds is 2. The Morgan fingerprint density at radius 2 is 1.70 bits per heavy atom. The van der Waals surface area contributed by atoms with Crippen molar-refractivity contribution in [2.45, 2.75) is 0 Å². The fourth-order valence-electron chi connectivity index (χ4n) is 2.10. The van der Waals surface area contributed by atoms with Crippen molar-refractivity contribution in [3.63, 3.8) is 0 Å². The summed E-state index contributed by atoms with van der Waals surface area (Å²) in [6, 6.07) is 5.60. The van der Waals surface area contributed by atoms with Gasteiger partial charge in [-0.3, -0.25) is 4.98 Å². The molecule has 20 heavy (non-hydrogen) atoms. The van der Waals surface area contributed by atoms with Crippen LogP contribution in [-0.2, 0) is 9.84 Å². The van der Waals surface area contributed by atoms with E-state index in [4.69, 9.17) is 0 Å². The van der Waals surface area contributed by atoms with Crippen LogP contribution in [0.25, 0.3) is 11.3 Å². The lowest BCUT2D eigenvalue weighted by atomic mass is 10.2. The zero-order chi connectivity index (χ0) is 14.0. The van der Waals surface area contributed by atoms with Crippen LogP contribution in [0.1, 0.15) is 0 Å². The minimum Gasteiger partial charge on any atom is -0.339 e. The van der Waals surface area contributed by atoms with Crippen LogP contribution < -0.4 is 4.90 Å². The van der Waals surface area contributed by atoms with Crippen LogP contribution in [0.5, 0.6) is 0 Å². The summed E-state index contributed by atoms with van der Waals surface area (Å²) < 4.78 is 22.9. The molecule has 1 aliphatic rings. The van der Waals surface area contributed by atoms with Crippen LogP contribution in [0.4, 0.5) is 5.95 Å². The highest BCUT2D eigenvalue weighted by Crippen LogP contribution is 2.19. The third kappa shape index (κ3) is 2.77. The second kappa shape index (κ2) is 5.16. The van der Waals surface area contributed by atoms with E-state index in [-0.39, 0.29) is 11.5 Å². The molecule has 3 heterocycles. The first-order chi connectivity index (χ1) is 9.64. The first kappa shape index (κ1) is 13.0. The second-order valence-electron chi connectivity index (χ2n) is 4.62. The highest BCUT2D eigenvalue weighted by Gasteiger charge is 2.23. The summed E-state index contributed by atoms with van der Waals surface area (Å²) >= 11 is 0. The Balaban J connectivity index is 1.85. The predicted molar refractivity (Wildman–Crippen MR) is 76.1 cm³/mol. The number of hydrogen-bond donors (Lipinski definition) is 0. The SMILES string of the molecule is O=S1(=O)CCN(c2nccc(-c3ccncc3)n2)CC1. The first-order valence-electron chi connectivity index (χ1n) is 6.33. The third-order valence-electron chi connectivity index (χ3n) is 3.25. The average Bonchev–Trinajstić information content (AvgIpc) is 2.48. The van der Waals surface area contributed by atoms with Gasteiger partial charge in [-0.05, 0) is 18.2 Å². The Hall–Kier alpha value is -2.02. The number of pyridine rings is 1. The van der Waals surface area contributed by atoms with Gasteiger partial charge in [0.15, 0.2) is 9.84 Å². The summed E-state index contributed by atoms with van der Waals surface area (Å²) in [5.41, 5.74) is 1.78. The molecule has 0 aliphatic carbocycles. The zero-order valence-electron chi connectivity index (χ0n) is 10.8. The van der Waals surface area contributed by atoms with Crippen molar-refractivity contribution in [3.8, 4) is 11.3 Å². The van der Waals surface area contributed by atoms with Gasteiger partial charge in [0, 0.05) is 37.2 Å². The number of hydrogen-bond acceptors (Lipinski definition) is 6. The Kier molecular flexibility index (Phi) is 3.35. The van der Waals surface area contributed by atoms with Crippen molar-refractivity contribution in [3.05, 3.63) is 36.8 Å². The van der Waals surface area contributed by atoms with Gasteiger partial charge in [-0.2, -0.15) is 0 Å². The lowest BCUT2D eigenvalue weighted by Gasteiger charge is -2.26. The molecule has 6 nitrogen and oxygen atoms in total. The van der Waals surface area contributed by atoms with Crippen LogP contribution in [0, 0.1) is 0 Å². The Bertz CT molecular complexity index is 689. The zero-order valence-corrected chi connectivity index (χ0v) is 11.6. The van der Waals surface area contributed by atoms with Crippen LogP contribution >= 0.6 is 0 Å². The standard InChI is InChI=1S/C13H14N4O2S/c18-20(19)9-7-17(8-10-20)13-15-6-3-12(16-13)11-1-4-14-5-2-11/h1-6H,7-10H2. The van der Waals surface area contributed by atoms with Gasteiger partial charge < -0.3 is 4.90 Å². The van der Waals surface area contributed by atoms with E-state index in [9.17, 15) is 8.42 Å². The molecule has 1 saturated heterocycles. The topological polar surface area (TPSA) is 76.1 Å². The van der Waals surface area contributed by atoms with Crippen molar-refractivity contribution in [1.29, 1.82) is 0 Å². The highest BCUT2D eigenvalue weighted by atomic mass is 32.2. The monoisotopic (exact) mass is 290 g/mol. The molecule has 0 bridgehead atoms. The molecular weight excluding hydrogens is 276 g/mol. The van der Waals surface area contributed by atoms with Crippen LogP contribution in [0.2, 0.25) is 0 Å². The molecule has 0 N–H and O–H groups in total. The number of nitrogens with zero attached hydrogens (tertiary/aromatic N) is 4. The second-order valence-corrected chi connectivity index (χ2v) is 6.92. The molecule has 7 heteroatoms. The Labute approximate surface area is 117 Å². The lowest BCUT2D eigenvalue weighted by Crippen LogP contribution is -2.41. The molecule has 104 valence electrons. The average molecular weight is 290 g/mol. The molecule has 1 fully saturated rings. The molecule has 0 amide bonds. The van der Waals surface area contributed by atoms with E-state index in [2.05, 4.69) is 15.0 Å². The largest absolute Gasteiger partial charge is 0.339 e. The summed E-state index contributed by atoms with van der Waals surface area (Å²) in [6.07, 6.45) is 5.12. The van der Waals surface area contributed by atoms with Crippen molar-refractivity contribution in [2.75, 3.05) is 29.5 Å². The summed E-state index contributed by atoms with van der Waals surface area (Å²) in [4.78, 5) is 14.6. The van der Waals surface area contributed by atoms with Crippen molar-refractivity contribution in [1.82, 2.24) is 15.0 Å². The van der Waals surface area contributed by atoms with E-state index in [1.807, 2.05) is 23.1 Å². The molecule has 0 aromatic carbocycles. The smallest absolute Gasteiger partial charge is 0.225 e. The van der Waals surface area contributed by atoms with Crippen LogP contribution in [0.3, 0.4) is 0 Å². The van der Waals surface area contributed by atoms with Gasteiger partial charge in [0.05, 0.1) is 17.2 Å². The normalized spacial score (nSPS) is 17.9. The summed E-state index contributed by atoms with van der Waals surface area (Å²) in [7, 11) is -2.89. The third-order valence-corrected chi connectivity index (χ3v) is 4.86. The van der Waals surface area contributed by atoms with E-state index in [0.717, 1.165) is 11.3 Å². The Morgan fingerprint density at radius 1 is 1.00 bits per heavy atom. The first-order valence-corrected chi connectivity index (χ1v) is 8.15. The van der Waals surface area contributed by atoms with Gasteiger partial charge in [0.1, 0.15) is 0 Å². The maximum absolute atomic E-state index is 11.4. The van der Waals surface area contributed by atoms with Crippen molar-refractivity contribution < 1.29 is 8.42 Å². The van der Waals surface area contributed by atoms with Gasteiger partial charge in [-0.15, -0.1) is 0 Å². The minimum atomic E-state index is -2.89. The fraction of sp³-hybridized carbons (Fsp3) is 0.308. The molecule has 2 aromatic rings. The maximum Gasteiger partial charge on any atom is 0.225 e. The van der Waals surface area contributed by atoms with Crippen molar-refractivity contribution >= 4 is 15.8 Å². The van der Waals surface area contributed by atoms with Gasteiger partial charge in [0.25, 0.3) is 0 Å². The molecule has 0 unspecified atom stereocenters. The summed E-state index contributed by atoms with van der Waals surface area (Å²) in [5.74, 6) is 0.903. The molecule has 0 radical (unpaired) electrons. The molecule has 0 spiro atoms. The molecule has 3 rings (SSSR count). The van der Waals surface area contributed by atoms with E-state index < -0.39 is 9.84 Å². The number of anilines is 1. The van der Waals surface area contributed by atoms with Gasteiger partial charge >= 0.3 is 0 Å². The molecule has 1 aliphatic heterocycles. The predicted octanol–water partition coefficient (Wildman–Crippen LogP) is 0.773.